The van der Waals surface area contributed by atoms with Crippen LogP contribution in [-0.2, 0) is 32.2 Å². The van der Waals surface area contributed by atoms with Gasteiger partial charge in [-0.3, -0.25) is 9.59 Å². The SMILES string of the molecule is O=C1c2ccccc2C(=O)c2c1cc(COC1OC(COC3OCC(O)C(O)C3O)C(O)C(O)C1O)c(CO)c2O. The number of ether oxygens (including phenoxy) is 4. The van der Waals surface area contributed by atoms with Gasteiger partial charge in [0.05, 0.1) is 32.0 Å². The number of rotatable bonds is 7. The van der Waals surface area contributed by atoms with Crippen LogP contribution in [0.3, 0.4) is 0 Å². The molecule has 2 aliphatic heterocycles. The van der Waals surface area contributed by atoms with Gasteiger partial charge in [-0.1, -0.05) is 24.3 Å². The van der Waals surface area contributed by atoms with E-state index in [2.05, 4.69) is 0 Å². The van der Waals surface area contributed by atoms with Crippen LogP contribution in [0, 0.1) is 0 Å². The van der Waals surface area contributed by atoms with E-state index in [-0.39, 0.29) is 40.0 Å². The first-order valence-electron chi connectivity index (χ1n) is 12.8. The number of carbonyl (C=O) groups is 2. The molecule has 2 fully saturated rings. The molecule has 1 aliphatic carbocycles. The van der Waals surface area contributed by atoms with Gasteiger partial charge in [0.25, 0.3) is 0 Å². The molecule has 0 aromatic heterocycles. The number of phenols is 1. The second-order valence-electron chi connectivity index (χ2n) is 10.1. The van der Waals surface area contributed by atoms with Crippen molar-refractivity contribution in [3.8, 4) is 5.75 Å². The van der Waals surface area contributed by atoms with Crippen LogP contribution in [0.1, 0.15) is 43.0 Å². The Kier molecular flexibility index (Phi) is 8.52. The van der Waals surface area contributed by atoms with Crippen molar-refractivity contribution in [2.45, 2.75) is 68.5 Å². The van der Waals surface area contributed by atoms with Crippen molar-refractivity contribution in [1.29, 1.82) is 0 Å². The molecule has 2 heterocycles. The van der Waals surface area contributed by atoms with E-state index >= 15 is 0 Å². The Labute approximate surface area is 232 Å². The van der Waals surface area contributed by atoms with Crippen LogP contribution in [0.4, 0.5) is 0 Å². The van der Waals surface area contributed by atoms with E-state index in [9.17, 15) is 50.4 Å². The van der Waals surface area contributed by atoms with Crippen molar-refractivity contribution < 1.29 is 69.4 Å². The number of carbonyl (C=O) groups excluding carboxylic acids is 2. The van der Waals surface area contributed by atoms with Crippen molar-refractivity contribution in [2.24, 2.45) is 0 Å². The van der Waals surface area contributed by atoms with Gasteiger partial charge in [0.1, 0.15) is 48.5 Å². The zero-order chi connectivity index (χ0) is 29.6. The summed E-state index contributed by atoms with van der Waals surface area (Å²) in [5, 5.41) is 81.5. The Morgan fingerprint density at radius 3 is 2.15 bits per heavy atom. The average molecular weight is 579 g/mol. The third kappa shape index (κ3) is 5.29. The normalized spacial score (nSPS) is 33.4. The molecule has 0 spiro atoms. The number of benzene rings is 2. The third-order valence-electron chi connectivity index (χ3n) is 7.49. The molecule has 5 rings (SSSR count). The van der Waals surface area contributed by atoms with E-state index in [0.29, 0.717) is 0 Å². The number of fused-ring (bicyclic) bond motifs is 2. The minimum absolute atomic E-state index is 0.0970. The second-order valence-corrected chi connectivity index (χ2v) is 10.1. The van der Waals surface area contributed by atoms with E-state index in [4.69, 9.17) is 18.9 Å². The van der Waals surface area contributed by atoms with Gasteiger partial charge >= 0.3 is 0 Å². The molecule has 8 N–H and O–H groups in total. The lowest BCUT2D eigenvalue weighted by Crippen LogP contribution is -2.60. The number of aliphatic hydroxyl groups excluding tert-OH is 7. The molecule has 0 radical (unpaired) electrons. The van der Waals surface area contributed by atoms with Gasteiger partial charge in [0.2, 0.25) is 0 Å². The fourth-order valence-corrected chi connectivity index (χ4v) is 5.12. The number of hydrogen-bond acceptors (Lipinski definition) is 14. The molecule has 9 atom stereocenters. The summed E-state index contributed by atoms with van der Waals surface area (Å²) in [5.74, 6) is -1.71. The lowest BCUT2D eigenvalue weighted by atomic mass is 9.81. The summed E-state index contributed by atoms with van der Waals surface area (Å²) in [6.07, 6.45) is -13.9. The van der Waals surface area contributed by atoms with E-state index < -0.39 is 92.4 Å². The molecular formula is C27H30O14. The van der Waals surface area contributed by atoms with Crippen LogP contribution < -0.4 is 0 Å². The predicted molar refractivity (Wildman–Crippen MR) is 133 cm³/mol. The van der Waals surface area contributed by atoms with E-state index in [1.54, 1.807) is 12.1 Å². The van der Waals surface area contributed by atoms with E-state index in [0.717, 1.165) is 0 Å². The Morgan fingerprint density at radius 2 is 1.46 bits per heavy atom. The van der Waals surface area contributed by atoms with Crippen molar-refractivity contribution in [3.63, 3.8) is 0 Å². The van der Waals surface area contributed by atoms with Crippen LogP contribution in [0.15, 0.2) is 30.3 Å². The first-order chi connectivity index (χ1) is 19.5. The number of hydrogen-bond donors (Lipinski definition) is 8. The van der Waals surface area contributed by atoms with Crippen LogP contribution in [0.2, 0.25) is 0 Å². The van der Waals surface area contributed by atoms with Crippen LogP contribution >= 0.6 is 0 Å². The average Bonchev–Trinajstić information content (AvgIpc) is 2.97. The number of aromatic hydroxyl groups is 1. The van der Waals surface area contributed by atoms with Crippen molar-refractivity contribution in [2.75, 3.05) is 13.2 Å². The zero-order valence-electron chi connectivity index (χ0n) is 21.4. The first kappa shape index (κ1) is 29.6. The van der Waals surface area contributed by atoms with E-state index in [1.807, 2.05) is 0 Å². The van der Waals surface area contributed by atoms with Crippen molar-refractivity contribution in [3.05, 3.63) is 63.7 Å². The molecule has 0 bridgehead atoms. The number of ketones is 2. The summed E-state index contributed by atoms with van der Waals surface area (Å²) in [7, 11) is 0. The Balaban J connectivity index is 1.32. The van der Waals surface area contributed by atoms with Gasteiger partial charge in [-0.2, -0.15) is 0 Å². The highest BCUT2D eigenvalue weighted by Crippen LogP contribution is 2.37. The molecule has 2 saturated heterocycles. The monoisotopic (exact) mass is 578 g/mol. The maximum absolute atomic E-state index is 13.1. The molecule has 14 heteroatoms. The highest BCUT2D eigenvalue weighted by Gasteiger charge is 2.46. The van der Waals surface area contributed by atoms with Crippen LogP contribution in [-0.4, -0.2) is 121 Å². The molecule has 2 aromatic carbocycles. The summed E-state index contributed by atoms with van der Waals surface area (Å²) >= 11 is 0. The molecule has 222 valence electrons. The Bertz CT molecular complexity index is 1310. The first-order valence-corrected chi connectivity index (χ1v) is 12.8. The van der Waals surface area contributed by atoms with Gasteiger partial charge in [0, 0.05) is 22.3 Å². The molecule has 0 saturated carbocycles. The summed E-state index contributed by atoms with van der Waals surface area (Å²) in [6.45, 7) is -2.01. The highest BCUT2D eigenvalue weighted by molar-refractivity contribution is 6.29. The quantitative estimate of drug-likeness (QED) is 0.144. The molecule has 41 heavy (non-hydrogen) atoms. The van der Waals surface area contributed by atoms with Crippen molar-refractivity contribution in [1.82, 2.24) is 0 Å². The lowest BCUT2D eigenvalue weighted by Gasteiger charge is -2.41. The maximum atomic E-state index is 13.1. The minimum Gasteiger partial charge on any atom is -0.507 e. The van der Waals surface area contributed by atoms with Crippen molar-refractivity contribution >= 4 is 11.6 Å². The van der Waals surface area contributed by atoms with Gasteiger partial charge in [-0.25, -0.2) is 0 Å². The Morgan fingerprint density at radius 1 is 0.805 bits per heavy atom. The molecule has 9 unspecified atom stereocenters. The highest BCUT2D eigenvalue weighted by atomic mass is 16.7. The topological polar surface area (TPSA) is 233 Å². The minimum atomic E-state index is -1.77. The molecule has 14 nitrogen and oxygen atoms in total. The summed E-state index contributed by atoms with van der Waals surface area (Å²) in [4.78, 5) is 26.2. The van der Waals surface area contributed by atoms with E-state index in [1.165, 1.54) is 18.2 Å². The van der Waals surface area contributed by atoms with Gasteiger partial charge in [-0.05, 0) is 11.6 Å². The zero-order valence-corrected chi connectivity index (χ0v) is 21.4. The molecule has 0 amide bonds. The Hall–Kier alpha value is -2.86. The lowest BCUT2D eigenvalue weighted by molar-refractivity contribution is -0.322. The van der Waals surface area contributed by atoms with Crippen LogP contribution in [0.25, 0.3) is 0 Å². The predicted octanol–water partition coefficient (Wildman–Crippen LogP) is -2.56. The smallest absolute Gasteiger partial charge is 0.198 e. The third-order valence-corrected chi connectivity index (χ3v) is 7.49. The maximum Gasteiger partial charge on any atom is 0.198 e. The second kappa shape index (κ2) is 11.8. The molecular weight excluding hydrogens is 548 g/mol. The largest absolute Gasteiger partial charge is 0.507 e. The summed E-state index contributed by atoms with van der Waals surface area (Å²) < 4.78 is 21.7. The fourth-order valence-electron chi connectivity index (χ4n) is 5.12. The molecule has 2 aromatic rings. The van der Waals surface area contributed by atoms with Gasteiger partial charge < -0.3 is 59.8 Å². The fraction of sp³-hybridized carbons (Fsp3) is 0.481. The van der Waals surface area contributed by atoms with Gasteiger partial charge in [-0.15, -0.1) is 0 Å². The molecule has 3 aliphatic rings. The van der Waals surface area contributed by atoms with Crippen LogP contribution in [0.5, 0.6) is 5.75 Å². The summed E-state index contributed by atoms with van der Waals surface area (Å²) in [6, 6.07) is 7.40. The van der Waals surface area contributed by atoms with Gasteiger partial charge in [0.15, 0.2) is 24.1 Å². The standard InChI is InChI=1S/C27H30O14/c28-6-14-10(5-13-17(20(14)32)19(31)12-4-2-1-3-11(12)18(13)30)7-38-27-25(37)23(35)22(34)16(41-27)9-40-26-24(36)21(33)15(29)8-39-26/h1-5,15-16,21-29,32-37H,6-9H2. The summed E-state index contributed by atoms with van der Waals surface area (Å²) in [5.41, 5.74) is -0.0974. The number of aliphatic hydroxyl groups is 7.